The summed E-state index contributed by atoms with van der Waals surface area (Å²) in [4.78, 5) is 23.7. The van der Waals surface area contributed by atoms with Gasteiger partial charge in [-0.2, -0.15) is 5.10 Å². The number of nitrogens with zero attached hydrogens (tertiary/aromatic N) is 2. The van der Waals surface area contributed by atoms with Crippen molar-refractivity contribution in [1.29, 1.82) is 0 Å². The lowest BCUT2D eigenvalue weighted by atomic mass is 9.99. The van der Waals surface area contributed by atoms with Crippen molar-refractivity contribution < 1.29 is 19.2 Å². The minimum Gasteiger partial charge on any atom is -0.490 e. The molecule has 0 radical (unpaired) electrons. The minimum atomic E-state index is -0.539. The number of hydrogen-bond donors (Lipinski definition) is 1. The third-order valence-electron chi connectivity index (χ3n) is 4.59. The third-order valence-corrected chi connectivity index (χ3v) is 4.59. The smallest absolute Gasteiger partial charge is 0.315 e. The molecule has 3 aromatic rings. The molecular formula is C23H23N3O5. The van der Waals surface area contributed by atoms with Crippen molar-refractivity contribution in [2.45, 2.75) is 20.8 Å². The van der Waals surface area contributed by atoms with E-state index in [9.17, 15) is 14.9 Å². The highest BCUT2D eigenvalue weighted by molar-refractivity contribution is 6.08. The summed E-state index contributed by atoms with van der Waals surface area (Å²) in [6.07, 6.45) is 1.34. The fourth-order valence-corrected chi connectivity index (χ4v) is 3.27. The van der Waals surface area contributed by atoms with Crippen LogP contribution in [-0.4, -0.2) is 30.3 Å². The number of nitro groups is 1. The number of hydrazone groups is 1. The van der Waals surface area contributed by atoms with Gasteiger partial charge in [0.15, 0.2) is 5.75 Å². The summed E-state index contributed by atoms with van der Waals surface area (Å²) >= 11 is 0. The molecule has 3 aromatic carbocycles. The number of hydrogen-bond acceptors (Lipinski definition) is 6. The second-order valence-electron chi connectivity index (χ2n) is 6.67. The Bertz CT molecular complexity index is 1160. The topological polar surface area (TPSA) is 103 Å². The Morgan fingerprint density at radius 2 is 1.87 bits per heavy atom. The molecule has 0 aliphatic carbocycles. The van der Waals surface area contributed by atoms with Crippen molar-refractivity contribution in [3.8, 4) is 11.5 Å². The molecule has 0 saturated carbocycles. The van der Waals surface area contributed by atoms with Crippen molar-refractivity contribution in [2.24, 2.45) is 5.10 Å². The summed E-state index contributed by atoms with van der Waals surface area (Å²) in [7, 11) is 0. The highest BCUT2D eigenvalue weighted by atomic mass is 16.6. The van der Waals surface area contributed by atoms with Crippen LogP contribution < -0.4 is 14.9 Å². The SMILES string of the molecule is CCOc1cc(/C=N\NC(=O)c2c(C)ccc3ccccc23)cc([N+](=O)[O-])c1OCC. The molecule has 0 atom stereocenters. The van der Waals surface area contributed by atoms with Crippen LogP contribution in [0.2, 0.25) is 0 Å². The number of amides is 1. The number of benzene rings is 3. The molecule has 1 N–H and O–H groups in total. The Morgan fingerprint density at radius 3 is 2.58 bits per heavy atom. The van der Waals surface area contributed by atoms with Crippen molar-refractivity contribution >= 4 is 28.6 Å². The standard InChI is InChI=1S/C23H23N3O5/c1-4-30-20-13-16(12-19(26(28)29)22(20)31-5-2)14-24-25-23(27)21-15(3)10-11-17-8-6-7-9-18(17)21/h6-14H,4-5H2,1-3H3,(H,25,27)/b24-14-. The fraction of sp³-hybridized carbons (Fsp3) is 0.217. The molecule has 0 heterocycles. The van der Waals surface area contributed by atoms with E-state index in [0.29, 0.717) is 17.7 Å². The van der Waals surface area contributed by atoms with Crippen molar-refractivity contribution in [3.63, 3.8) is 0 Å². The number of carbonyl (C=O) groups is 1. The van der Waals surface area contributed by atoms with E-state index in [1.807, 2.05) is 43.3 Å². The molecule has 0 saturated heterocycles. The first-order valence-electron chi connectivity index (χ1n) is 9.86. The number of ether oxygens (including phenoxy) is 2. The number of carbonyl (C=O) groups excluding carboxylic acids is 1. The molecule has 0 fully saturated rings. The summed E-state index contributed by atoms with van der Waals surface area (Å²) < 4.78 is 10.9. The molecule has 0 aliphatic rings. The first kappa shape index (κ1) is 21.8. The predicted molar refractivity (Wildman–Crippen MR) is 119 cm³/mol. The lowest BCUT2D eigenvalue weighted by Crippen LogP contribution is -2.19. The van der Waals surface area contributed by atoms with Gasteiger partial charge in [0.05, 0.1) is 29.9 Å². The van der Waals surface area contributed by atoms with Crippen LogP contribution in [-0.2, 0) is 0 Å². The second-order valence-corrected chi connectivity index (χ2v) is 6.67. The van der Waals surface area contributed by atoms with Crippen molar-refractivity contribution in [1.82, 2.24) is 5.43 Å². The van der Waals surface area contributed by atoms with Gasteiger partial charge in [0.2, 0.25) is 5.75 Å². The summed E-state index contributed by atoms with van der Waals surface area (Å²) in [5, 5.41) is 17.3. The monoisotopic (exact) mass is 421 g/mol. The van der Waals surface area contributed by atoms with E-state index in [-0.39, 0.29) is 29.7 Å². The van der Waals surface area contributed by atoms with Gasteiger partial charge in [-0.1, -0.05) is 36.4 Å². The normalized spacial score (nSPS) is 10.9. The van der Waals surface area contributed by atoms with Crippen LogP contribution in [0.15, 0.2) is 53.6 Å². The van der Waals surface area contributed by atoms with Gasteiger partial charge in [-0.15, -0.1) is 0 Å². The molecule has 31 heavy (non-hydrogen) atoms. The lowest BCUT2D eigenvalue weighted by Gasteiger charge is -2.12. The van der Waals surface area contributed by atoms with Gasteiger partial charge in [0.25, 0.3) is 5.91 Å². The van der Waals surface area contributed by atoms with Gasteiger partial charge in [0.1, 0.15) is 0 Å². The molecule has 0 spiro atoms. The molecule has 0 aromatic heterocycles. The minimum absolute atomic E-state index is 0.0712. The summed E-state index contributed by atoms with van der Waals surface area (Å²) in [5.74, 6) is -0.0471. The van der Waals surface area contributed by atoms with Crippen LogP contribution in [0.5, 0.6) is 11.5 Å². The highest BCUT2D eigenvalue weighted by Gasteiger charge is 2.22. The highest BCUT2D eigenvalue weighted by Crippen LogP contribution is 2.38. The average Bonchev–Trinajstić information content (AvgIpc) is 2.75. The van der Waals surface area contributed by atoms with Crippen LogP contribution >= 0.6 is 0 Å². The third kappa shape index (κ3) is 4.80. The van der Waals surface area contributed by atoms with E-state index in [0.717, 1.165) is 16.3 Å². The molecule has 8 nitrogen and oxygen atoms in total. The average molecular weight is 421 g/mol. The predicted octanol–water partition coefficient (Wildman–Crippen LogP) is 4.62. The van der Waals surface area contributed by atoms with Crippen LogP contribution in [0.3, 0.4) is 0 Å². The lowest BCUT2D eigenvalue weighted by molar-refractivity contribution is -0.385. The summed E-state index contributed by atoms with van der Waals surface area (Å²) in [5.41, 5.74) is 4.03. The Balaban J connectivity index is 1.90. The van der Waals surface area contributed by atoms with E-state index in [2.05, 4.69) is 10.5 Å². The van der Waals surface area contributed by atoms with Gasteiger partial charge in [-0.3, -0.25) is 14.9 Å². The van der Waals surface area contributed by atoms with Gasteiger partial charge in [-0.25, -0.2) is 5.43 Å². The zero-order valence-electron chi connectivity index (χ0n) is 17.5. The molecule has 1 amide bonds. The van der Waals surface area contributed by atoms with E-state index >= 15 is 0 Å². The van der Waals surface area contributed by atoms with Gasteiger partial charge < -0.3 is 9.47 Å². The number of nitro benzene ring substituents is 1. The Hall–Kier alpha value is -3.94. The number of rotatable bonds is 8. The van der Waals surface area contributed by atoms with Crippen molar-refractivity contribution in [2.75, 3.05) is 13.2 Å². The maximum atomic E-state index is 12.8. The zero-order valence-corrected chi connectivity index (χ0v) is 17.5. The summed E-state index contributed by atoms with van der Waals surface area (Å²) in [6.45, 7) is 5.94. The molecular weight excluding hydrogens is 398 g/mol. The fourth-order valence-electron chi connectivity index (χ4n) is 3.27. The maximum Gasteiger partial charge on any atom is 0.315 e. The Kier molecular flexibility index (Phi) is 6.81. The van der Waals surface area contributed by atoms with Gasteiger partial charge in [0, 0.05) is 11.6 Å². The first-order valence-corrected chi connectivity index (χ1v) is 9.86. The van der Waals surface area contributed by atoms with Crippen LogP contribution in [0.4, 0.5) is 5.69 Å². The largest absolute Gasteiger partial charge is 0.490 e. The molecule has 160 valence electrons. The Morgan fingerprint density at radius 1 is 1.13 bits per heavy atom. The molecule has 3 rings (SSSR count). The van der Waals surface area contributed by atoms with Gasteiger partial charge >= 0.3 is 5.69 Å². The van der Waals surface area contributed by atoms with Gasteiger partial charge in [-0.05, 0) is 43.2 Å². The summed E-state index contributed by atoms with van der Waals surface area (Å²) in [6, 6.07) is 14.3. The second kappa shape index (κ2) is 9.71. The number of aryl methyl sites for hydroxylation is 1. The van der Waals surface area contributed by atoms with E-state index < -0.39 is 4.92 Å². The van der Waals surface area contributed by atoms with E-state index in [1.54, 1.807) is 19.9 Å². The molecule has 0 bridgehead atoms. The molecule has 0 aliphatic heterocycles. The first-order chi connectivity index (χ1) is 15.0. The van der Waals surface area contributed by atoms with Crippen LogP contribution in [0.25, 0.3) is 10.8 Å². The maximum absolute atomic E-state index is 12.8. The molecule has 8 heteroatoms. The van der Waals surface area contributed by atoms with Crippen LogP contribution in [0.1, 0.15) is 35.3 Å². The number of fused-ring (bicyclic) bond motifs is 1. The van der Waals surface area contributed by atoms with Crippen molar-refractivity contribution in [3.05, 3.63) is 75.3 Å². The Labute approximate surface area is 179 Å². The number of nitrogens with one attached hydrogen (secondary N) is 1. The quantitative estimate of drug-likeness (QED) is 0.325. The zero-order chi connectivity index (χ0) is 22.4. The van der Waals surface area contributed by atoms with Crippen LogP contribution in [0, 0.1) is 17.0 Å². The molecule has 0 unspecified atom stereocenters. The van der Waals surface area contributed by atoms with E-state index in [1.165, 1.54) is 12.3 Å². The van der Waals surface area contributed by atoms with E-state index in [4.69, 9.17) is 9.47 Å².